The lowest BCUT2D eigenvalue weighted by Gasteiger charge is -2.28. The number of sulfonamides is 1. The molecule has 2 atom stereocenters. The summed E-state index contributed by atoms with van der Waals surface area (Å²) in [6.45, 7) is 7.58. The standard InChI is InChI=1S/C20H32N4O4S/c1-5-6-7-8-9-19(22-23-21)20(25)15-24(14-16(2)3)29(26,27)18-12-10-17(28-4)11-13-18/h5,10-13,16,19-20,25H,1,6-9,14-15H2,2-4H3/t19-,20+/m0/s1. The Kier molecular flexibility index (Phi) is 10.8. The van der Waals surface area contributed by atoms with Gasteiger partial charge in [-0.2, -0.15) is 4.31 Å². The van der Waals surface area contributed by atoms with Crippen LogP contribution < -0.4 is 4.74 Å². The number of rotatable bonds is 14. The molecule has 1 aromatic carbocycles. The lowest BCUT2D eigenvalue weighted by Crippen LogP contribution is -2.43. The Hall–Kier alpha value is -2.06. The zero-order valence-electron chi connectivity index (χ0n) is 17.4. The lowest BCUT2D eigenvalue weighted by atomic mass is 10.0. The molecule has 0 saturated carbocycles. The molecule has 9 heteroatoms. The molecule has 0 fully saturated rings. The second-order valence-electron chi connectivity index (χ2n) is 7.30. The average molecular weight is 425 g/mol. The van der Waals surface area contributed by atoms with Crippen LogP contribution in [0.5, 0.6) is 5.75 Å². The maximum atomic E-state index is 13.1. The van der Waals surface area contributed by atoms with Crippen LogP contribution in [-0.4, -0.2) is 50.2 Å². The summed E-state index contributed by atoms with van der Waals surface area (Å²) in [5.41, 5.74) is 8.84. The minimum atomic E-state index is -3.82. The molecule has 0 aliphatic rings. The highest BCUT2D eigenvalue weighted by molar-refractivity contribution is 7.89. The van der Waals surface area contributed by atoms with Crippen LogP contribution >= 0.6 is 0 Å². The molecule has 0 unspecified atom stereocenters. The van der Waals surface area contributed by atoms with Crippen molar-refractivity contribution >= 4 is 10.0 Å². The first-order valence-corrected chi connectivity index (χ1v) is 11.2. The molecule has 0 aliphatic heterocycles. The Morgan fingerprint density at radius 2 is 1.93 bits per heavy atom. The summed E-state index contributed by atoms with van der Waals surface area (Å²) in [5, 5.41) is 14.4. The normalized spacial score (nSPS) is 13.7. The topological polar surface area (TPSA) is 116 Å². The Labute approximate surface area is 173 Å². The van der Waals surface area contributed by atoms with Crippen molar-refractivity contribution < 1.29 is 18.3 Å². The van der Waals surface area contributed by atoms with Crippen molar-refractivity contribution in [2.24, 2.45) is 11.0 Å². The Balaban J connectivity index is 3.02. The van der Waals surface area contributed by atoms with E-state index in [1.165, 1.54) is 23.5 Å². The molecule has 0 saturated heterocycles. The van der Waals surface area contributed by atoms with Gasteiger partial charge in [0.1, 0.15) is 5.75 Å². The summed E-state index contributed by atoms with van der Waals surface area (Å²) in [6.07, 6.45) is 3.66. The highest BCUT2D eigenvalue weighted by atomic mass is 32.2. The zero-order chi connectivity index (χ0) is 21.9. The van der Waals surface area contributed by atoms with Crippen LogP contribution in [0.1, 0.15) is 39.5 Å². The van der Waals surface area contributed by atoms with E-state index in [0.29, 0.717) is 12.2 Å². The summed E-state index contributed by atoms with van der Waals surface area (Å²) in [5.74, 6) is 0.614. The Bertz CT molecular complexity index is 774. The predicted octanol–water partition coefficient (Wildman–Crippen LogP) is 4.13. The Morgan fingerprint density at radius 1 is 1.28 bits per heavy atom. The summed E-state index contributed by atoms with van der Waals surface area (Å²) < 4.78 is 32.6. The first-order valence-electron chi connectivity index (χ1n) is 9.73. The molecule has 0 aromatic heterocycles. The van der Waals surface area contributed by atoms with E-state index in [9.17, 15) is 13.5 Å². The molecule has 1 rings (SSSR count). The monoisotopic (exact) mass is 424 g/mol. The van der Waals surface area contributed by atoms with Crippen LogP contribution in [0.4, 0.5) is 0 Å². The van der Waals surface area contributed by atoms with Crippen molar-refractivity contribution in [3.63, 3.8) is 0 Å². The third-order valence-electron chi connectivity index (χ3n) is 4.46. The molecular formula is C20H32N4O4S. The second-order valence-corrected chi connectivity index (χ2v) is 9.24. The van der Waals surface area contributed by atoms with Gasteiger partial charge in [0.25, 0.3) is 0 Å². The SMILES string of the molecule is C=CCCCC[C@H](N=[N+]=[N-])[C@H](O)CN(CC(C)C)S(=O)(=O)c1ccc(OC)cc1. The van der Waals surface area contributed by atoms with E-state index in [1.807, 2.05) is 19.9 Å². The number of hydrogen-bond acceptors (Lipinski definition) is 5. The zero-order valence-corrected chi connectivity index (χ0v) is 18.3. The quantitative estimate of drug-likeness (QED) is 0.159. The van der Waals surface area contributed by atoms with Crippen molar-refractivity contribution in [2.75, 3.05) is 20.2 Å². The van der Waals surface area contributed by atoms with Crippen LogP contribution in [0.2, 0.25) is 0 Å². The summed E-state index contributed by atoms with van der Waals surface area (Å²) in [7, 11) is -2.31. The number of allylic oxidation sites excluding steroid dienone is 1. The lowest BCUT2D eigenvalue weighted by molar-refractivity contribution is 0.112. The van der Waals surface area contributed by atoms with Crippen LogP contribution in [0.15, 0.2) is 46.9 Å². The molecular weight excluding hydrogens is 392 g/mol. The summed E-state index contributed by atoms with van der Waals surface area (Å²) in [6, 6.07) is 5.44. The van der Waals surface area contributed by atoms with Crippen molar-refractivity contribution in [3.05, 3.63) is 47.4 Å². The molecule has 1 aromatic rings. The molecule has 0 heterocycles. The minimum Gasteiger partial charge on any atom is -0.497 e. The van der Waals surface area contributed by atoms with Crippen molar-refractivity contribution in [3.8, 4) is 5.75 Å². The molecule has 0 bridgehead atoms. The molecule has 162 valence electrons. The third kappa shape index (κ3) is 8.06. The molecule has 29 heavy (non-hydrogen) atoms. The van der Waals surface area contributed by atoms with Crippen LogP contribution in [0.25, 0.3) is 10.4 Å². The van der Waals surface area contributed by atoms with Gasteiger partial charge < -0.3 is 9.84 Å². The number of hydrogen-bond donors (Lipinski definition) is 1. The molecule has 0 aliphatic carbocycles. The number of aliphatic hydroxyl groups excluding tert-OH is 1. The molecule has 0 amide bonds. The van der Waals surface area contributed by atoms with Crippen LogP contribution in [0.3, 0.4) is 0 Å². The van der Waals surface area contributed by atoms with Gasteiger partial charge in [0.15, 0.2) is 0 Å². The van der Waals surface area contributed by atoms with E-state index in [1.54, 1.807) is 12.1 Å². The first-order chi connectivity index (χ1) is 13.8. The predicted molar refractivity (Wildman–Crippen MR) is 114 cm³/mol. The molecule has 0 spiro atoms. The van der Waals surface area contributed by atoms with E-state index < -0.39 is 22.2 Å². The fourth-order valence-corrected chi connectivity index (χ4v) is 4.56. The van der Waals surface area contributed by atoms with E-state index in [2.05, 4.69) is 16.6 Å². The minimum absolute atomic E-state index is 0.0562. The van der Waals surface area contributed by atoms with Gasteiger partial charge in [-0.25, -0.2) is 8.42 Å². The van der Waals surface area contributed by atoms with Gasteiger partial charge in [0, 0.05) is 18.0 Å². The fraction of sp³-hybridized carbons (Fsp3) is 0.600. The molecule has 0 radical (unpaired) electrons. The summed E-state index contributed by atoms with van der Waals surface area (Å²) >= 11 is 0. The van der Waals surface area contributed by atoms with Crippen LogP contribution in [0, 0.1) is 5.92 Å². The molecule has 1 N–H and O–H groups in total. The average Bonchev–Trinajstić information content (AvgIpc) is 2.69. The van der Waals surface area contributed by atoms with E-state index >= 15 is 0 Å². The Morgan fingerprint density at radius 3 is 2.45 bits per heavy atom. The second kappa shape index (κ2) is 12.5. The third-order valence-corrected chi connectivity index (χ3v) is 6.30. The van der Waals surface area contributed by atoms with E-state index in [0.717, 1.165) is 19.3 Å². The largest absolute Gasteiger partial charge is 0.497 e. The van der Waals surface area contributed by atoms with Gasteiger partial charge in [-0.1, -0.05) is 31.5 Å². The summed E-state index contributed by atoms with van der Waals surface area (Å²) in [4.78, 5) is 2.95. The highest BCUT2D eigenvalue weighted by Crippen LogP contribution is 2.22. The van der Waals surface area contributed by atoms with Crippen molar-refractivity contribution in [1.29, 1.82) is 0 Å². The van der Waals surface area contributed by atoms with E-state index in [4.69, 9.17) is 10.3 Å². The number of benzene rings is 1. The van der Waals surface area contributed by atoms with Gasteiger partial charge in [0.05, 0.1) is 24.2 Å². The van der Waals surface area contributed by atoms with E-state index in [-0.39, 0.29) is 23.9 Å². The number of ether oxygens (including phenoxy) is 1. The van der Waals surface area contributed by atoms with Crippen LogP contribution in [-0.2, 0) is 10.0 Å². The number of unbranched alkanes of at least 4 members (excludes halogenated alkanes) is 2. The van der Waals surface area contributed by atoms with Crippen molar-refractivity contribution in [2.45, 2.75) is 56.6 Å². The maximum Gasteiger partial charge on any atom is 0.243 e. The number of nitrogens with zero attached hydrogens (tertiary/aromatic N) is 4. The first kappa shape index (κ1) is 25.0. The number of aliphatic hydroxyl groups is 1. The fourth-order valence-electron chi connectivity index (χ4n) is 2.94. The molecule has 8 nitrogen and oxygen atoms in total. The number of azide groups is 1. The van der Waals surface area contributed by atoms with Crippen molar-refractivity contribution in [1.82, 2.24) is 4.31 Å². The van der Waals surface area contributed by atoms with Gasteiger partial charge >= 0.3 is 0 Å². The number of methoxy groups -OCH3 is 1. The maximum absolute atomic E-state index is 13.1. The highest BCUT2D eigenvalue weighted by Gasteiger charge is 2.30. The van der Waals surface area contributed by atoms with Gasteiger partial charge in [0.2, 0.25) is 10.0 Å². The van der Waals surface area contributed by atoms with Gasteiger partial charge in [-0.3, -0.25) is 0 Å². The van der Waals surface area contributed by atoms with Gasteiger partial charge in [-0.15, -0.1) is 6.58 Å². The van der Waals surface area contributed by atoms with Gasteiger partial charge in [-0.05, 0) is 55.0 Å². The smallest absolute Gasteiger partial charge is 0.243 e.